The fourth-order valence-electron chi connectivity index (χ4n) is 1.20. The Labute approximate surface area is 175 Å². The standard InChI is InChI=1S/C5H9NO3S.C5H11NO2S.C4H9NO2S/c1-3(7)6-4(2-10)5(8)9;1-2-6-4(3-9)5(7)8;1-5-3(2-8)4(6)7/h4,10H,2H2,1H3,(H,6,7)(H,8,9);4,6,9H,2-3H2,1H3,(H,7,8);3,5,8H,2H2,1H3,(H,6,7)/t2*4-;3-/m000/s1. The van der Waals surface area contributed by atoms with Crippen molar-refractivity contribution in [3.8, 4) is 0 Å². The number of carboxylic acids is 3. The molecule has 0 spiro atoms. The van der Waals surface area contributed by atoms with Gasteiger partial charge in [-0.05, 0) is 13.6 Å². The van der Waals surface area contributed by atoms with E-state index in [0.717, 1.165) is 0 Å². The third-order valence-corrected chi connectivity index (χ3v) is 3.71. The van der Waals surface area contributed by atoms with Crippen LogP contribution in [0, 0.1) is 0 Å². The van der Waals surface area contributed by atoms with E-state index in [0.29, 0.717) is 18.1 Å². The Morgan fingerprint density at radius 3 is 1.26 bits per heavy atom. The molecule has 160 valence electrons. The minimum absolute atomic E-state index is 0.106. The highest BCUT2D eigenvalue weighted by Gasteiger charge is 2.15. The van der Waals surface area contributed by atoms with Crippen molar-refractivity contribution in [3.63, 3.8) is 0 Å². The van der Waals surface area contributed by atoms with Crippen molar-refractivity contribution >= 4 is 61.7 Å². The number of carbonyl (C=O) groups is 4. The number of hydrogen-bond donors (Lipinski definition) is 9. The summed E-state index contributed by atoms with van der Waals surface area (Å²) in [4.78, 5) is 40.8. The van der Waals surface area contributed by atoms with E-state index in [9.17, 15) is 19.2 Å². The summed E-state index contributed by atoms with van der Waals surface area (Å²) in [5.41, 5.74) is 0. The van der Waals surface area contributed by atoms with Crippen LogP contribution < -0.4 is 16.0 Å². The van der Waals surface area contributed by atoms with E-state index in [1.54, 1.807) is 7.05 Å². The van der Waals surface area contributed by atoms with Gasteiger partial charge in [0.1, 0.15) is 18.1 Å². The average Bonchev–Trinajstić information content (AvgIpc) is 2.58. The lowest BCUT2D eigenvalue weighted by molar-refractivity contribution is -0.141. The molecule has 27 heavy (non-hydrogen) atoms. The van der Waals surface area contributed by atoms with Gasteiger partial charge < -0.3 is 31.3 Å². The second-order valence-electron chi connectivity index (χ2n) is 4.77. The first-order valence-corrected chi connectivity index (χ1v) is 9.60. The normalized spacial score (nSPS) is 12.8. The maximum atomic E-state index is 10.3. The van der Waals surface area contributed by atoms with Crippen LogP contribution in [0.4, 0.5) is 0 Å². The molecule has 0 aliphatic carbocycles. The van der Waals surface area contributed by atoms with Gasteiger partial charge in [0.15, 0.2) is 0 Å². The number of nitrogens with one attached hydrogen (secondary N) is 3. The van der Waals surface area contributed by atoms with Gasteiger partial charge in [0.05, 0.1) is 0 Å². The van der Waals surface area contributed by atoms with Gasteiger partial charge in [-0.15, -0.1) is 0 Å². The lowest BCUT2D eigenvalue weighted by atomic mass is 10.3. The maximum absolute atomic E-state index is 10.3. The van der Waals surface area contributed by atoms with Crippen LogP contribution in [0.25, 0.3) is 0 Å². The van der Waals surface area contributed by atoms with Crippen molar-refractivity contribution in [2.45, 2.75) is 32.0 Å². The van der Waals surface area contributed by atoms with Crippen LogP contribution in [-0.4, -0.2) is 88.1 Å². The predicted octanol–water partition coefficient (Wildman–Crippen LogP) is -0.927. The number of carboxylic acid groups (broad SMARTS) is 3. The van der Waals surface area contributed by atoms with Crippen LogP contribution in [0.3, 0.4) is 0 Å². The van der Waals surface area contributed by atoms with E-state index in [4.69, 9.17) is 15.3 Å². The first kappa shape index (κ1) is 30.6. The van der Waals surface area contributed by atoms with Gasteiger partial charge in [-0.25, -0.2) is 4.79 Å². The molecule has 10 nitrogen and oxygen atoms in total. The summed E-state index contributed by atoms with van der Waals surface area (Å²) in [5, 5.41) is 32.6. The number of amides is 1. The molecule has 0 fully saturated rings. The van der Waals surface area contributed by atoms with Crippen LogP contribution >= 0.6 is 37.9 Å². The molecule has 3 atom stereocenters. The maximum Gasteiger partial charge on any atom is 0.327 e. The molecular weight excluding hydrogens is 418 g/mol. The molecule has 1 amide bonds. The second kappa shape index (κ2) is 19.6. The molecule has 6 N–H and O–H groups in total. The van der Waals surface area contributed by atoms with E-state index in [2.05, 4.69) is 53.8 Å². The van der Waals surface area contributed by atoms with Crippen molar-refractivity contribution in [2.75, 3.05) is 30.9 Å². The molecule has 0 aliphatic heterocycles. The van der Waals surface area contributed by atoms with Gasteiger partial charge in [0, 0.05) is 24.2 Å². The first-order valence-electron chi connectivity index (χ1n) is 7.70. The summed E-state index contributed by atoms with van der Waals surface area (Å²) in [5.74, 6) is -2.36. The highest BCUT2D eigenvalue weighted by Crippen LogP contribution is 1.87. The lowest BCUT2D eigenvalue weighted by Gasteiger charge is -2.08. The Hall–Kier alpha value is -1.15. The van der Waals surface area contributed by atoms with E-state index in [1.807, 2.05) is 6.92 Å². The highest BCUT2D eigenvalue weighted by molar-refractivity contribution is 7.80. The number of carbonyl (C=O) groups excluding carboxylic acids is 1. The Bertz CT molecular complexity index is 452. The zero-order chi connectivity index (χ0) is 22.0. The number of rotatable bonds is 10. The smallest absolute Gasteiger partial charge is 0.327 e. The van der Waals surface area contributed by atoms with E-state index in [1.165, 1.54) is 6.92 Å². The molecule has 0 aliphatic rings. The molecule has 0 rings (SSSR count). The monoisotopic (exact) mass is 447 g/mol. The highest BCUT2D eigenvalue weighted by atomic mass is 32.1. The van der Waals surface area contributed by atoms with Gasteiger partial charge in [-0.2, -0.15) is 37.9 Å². The quantitative estimate of drug-likeness (QED) is 0.192. The van der Waals surface area contributed by atoms with Crippen molar-refractivity contribution in [2.24, 2.45) is 0 Å². The Morgan fingerprint density at radius 1 is 0.815 bits per heavy atom. The van der Waals surface area contributed by atoms with Crippen LogP contribution in [0.1, 0.15) is 13.8 Å². The van der Waals surface area contributed by atoms with Crippen molar-refractivity contribution < 1.29 is 34.5 Å². The number of thiol groups is 3. The molecule has 0 radical (unpaired) electrons. The lowest BCUT2D eigenvalue weighted by Crippen LogP contribution is -2.40. The zero-order valence-electron chi connectivity index (χ0n) is 15.4. The van der Waals surface area contributed by atoms with Gasteiger partial charge in [-0.3, -0.25) is 14.4 Å². The topological polar surface area (TPSA) is 165 Å². The average molecular weight is 448 g/mol. The molecule has 0 heterocycles. The molecule has 0 unspecified atom stereocenters. The number of aliphatic carboxylic acids is 3. The summed E-state index contributed by atoms with van der Waals surface area (Å²) < 4.78 is 0. The summed E-state index contributed by atoms with van der Waals surface area (Å²) in [7, 11) is 1.59. The fourth-order valence-corrected chi connectivity index (χ4v) is 2.07. The number of likely N-dealkylation sites (N-methyl/N-ethyl adjacent to an activating group) is 2. The van der Waals surface area contributed by atoms with Crippen LogP contribution in [0.5, 0.6) is 0 Å². The van der Waals surface area contributed by atoms with E-state index >= 15 is 0 Å². The van der Waals surface area contributed by atoms with Gasteiger partial charge in [0.25, 0.3) is 0 Å². The molecule has 0 aromatic heterocycles. The summed E-state index contributed by atoms with van der Waals surface area (Å²) in [6.07, 6.45) is 0. The molecule has 0 saturated carbocycles. The Morgan fingerprint density at radius 2 is 1.19 bits per heavy atom. The molecule has 13 heteroatoms. The van der Waals surface area contributed by atoms with Crippen LogP contribution in [0.2, 0.25) is 0 Å². The minimum Gasteiger partial charge on any atom is -0.480 e. The van der Waals surface area contributed by atoms with Crippen molar-refractivity contribution in [1.29, 1.82) is 0 Å². The zero-order valence-corrected chi connectivity index (χ0v) is 18.1. The fraction of sp³-hybridized carbons (Fsp3) is 0.714. The van der Waals surface area contributed by atoms with Crippen molar-refractivity contribution in [3.05, 3.63) is 0 Å². The molecule has 0 aromatic rings. The Kier molecular flexibility index (Phi) is 22.2. The SMILES string of the molecule is CC(=O)N[C@@H](CS)C(=O)O.CCN[C@@H](CS)C(=O)O.CN[C@@H](CS)C(=O)O. The minimum atomic E-state index is -1.06. The Balaban J connectivity index is -0.000000322. The third kappa shape index (κ3) is 19.4. The molecule has 0 aromatic carbocycles. The summed E-state index contributed by atoms with van der Waals surface area (Å²) >= 11 is 11.4. The van der Waals surface area contributed by atoms with Crippen molar-refractivity contribution in [1.82, 2.24) is 16.0 Å². The second-order valence-corrected chi connectivity index (χ2v) is 5.86. The largest absolute Gasteiger partial charge is 0.480 e. The molecular formula is C14H29N3O7S3. The van der Waals surface area contributed by atoms with Gasteiger partial charge in [-0.1, -0.05) is 6.92 Å². The summed E-state index contributed by atoms with van der Waals surface area (Å²) in [6.45, 7) is 3.79. The van der Waals surface area contributed by atoms with E-state index < -0.39 is 36.0 Å². The predicted molar refractivity (Wildman–Crippen MR) is 112 cm³/mol. The van der Waals surface area contributed by atoms with Gasteiger partial charge >= 0.3 is 17.9 Å². The van der Waals surface area contributed by atoms with Crippen LogP contribution in [-0.2, 0) is 19.2 Å². The first-order chi connectivity index (χ1) is 12.5. The van der Waals surface area contributed by atoms with E-state index in [-0.39, 0.29) is 11.7 Å². The molecule has 0 bridgehead atoms. The van der Waals surface area contributed by atoms with Gasteiger partial charge in [0.2, 0.25) is 5.91 Å². The third-order valence-electron chi connectivity index (χ3n) is 2.62. The molecule has 0 saturated heterocycles. The number of hydrogen-bond acceptors (Lipinski definition) is 9. The summed E-state index contributed by atoms with van der Waals surface area (Å²) in [6, 6.07) is -1.89. The van der Waals surface area contributed by atoms with Crippen LogP contribution in [0.15, 0.2) is 0 Å².